The third kappa shape index (κ3) is 5.68. The summed E-state index contributed by atoms with van der Waals surface area (Å²) in [7, 11) is 0. The van der Waals surface area contributed by atoms with Crippen molar-refractivity contribution in [2.75, 3.05) is 11.9 Å². The van der Waals surface area contributed by atoms with E-state index in [4.69, 9.17) is 4.42 Å². The average molecular weight is 477 g/mol. The van der Waals surface area contributed by atoms with Gasteiger partial charge < -0.3 is 9.73 Å². The number of carbonyl (C=O) groups is 2. The number of thioether (sulfide) groups is 1. The molecule has 172 valence electrons. The summed E-state index contributed by atoms with van der Waals surface area (Å²) in [6.45, 7) is 3.94. The molecule has 2 amide bonds. The molecule has 1 atom stereocenters. The van der Waals surface area contributed by atoms with Gasteiger partial charge in [-0.15, -0.1) is 11.7 Å². The molecular formula is C25H21FN4O3S. The number of benzene rings is 2. The van der Waals surface area contributed by atoms with Crippen LogP contribution in [0.15, 0.2) is 94.0 Å². The standard InChI is InChI=1S/C25H21FN4O3S/c1-2-14-30-24(32)22(15-23(31)28-19-6-4-3-5-7-19)34-25(30)29-27-16-20-12-13-21(33-20)17-8-10-18(26)11-9-17/h2-13,16,22H,1,14-15H2,(H,28,31)/b27-16+,29-25-. The number of halogens is 1. The summed E-state index contributed by atoms with van der Waals surface area (Å²) in [6, 6.07) is 18.5. The van der Waals surface area contributed by atoms with E-state index in [1.54, 1.807) is 42.5 Å². The summed E-state index contributed by atoms with van der Waals surface area (Å²) in [5, 5.41) is 10.8. The van der Waals surface area contributed by atoms with Crippen molar-refractivity contribution in [3.8, 4) is 11.3 Å². The Labute approximate surface area is 200 Å². The highest BCUT2D eigenvalue weighted by Crippen LogP contribution is 2.30. The zero-order chi connectivity index (χ0) is 23.9. The van der Waals surface area contributed by atoms with E-state index in [1.165, 1.54) is 35.0 Å². The van der Waals surface area contributed by atoms with Gasteiger partial charge in [-0.3, -0.25) is 14.5 Å². The quantitative estimate of drug-likeness (QED) is 0.284. The maximum atomic E-state index is 13.1. The Morgan fingerprint density at radius 1 is 1.15 bits per heavy atom. The van der Waals surface area contributed by atoms with Crippen molar-refractivity contribution in [2.45, 2.75) is 11.7 Å². The molecule has 1 aliphatic rings. The predicted molar refractivity (Wildman–Crippen MR) is 132 cm³/mol. The second kappa shape index (κ2) is 10.8. The highest BCUT2D eigenvalue weighted by Gasteiger charge is 2.38. The van der Waals surface area contributed by atoms with Gasteiger partial charge in [0, 0.05) is 24.2 Å². The molecule has 1 aliphatic heterocycles. The first-order chi connectivity index (χ1) is 16.5. The first-order valence-electron chi connectivity index (χ1n) is 10.4. The molecule has 0 bridgehead atoms. The van der Waals surface area contributed by atoms with Crippen LogP contribution in [0, 0.1) is 5.82 Å². The molecule has 0 saturated carbocycles. The van der Waals surface area contributed by atoms with E-state index in [-0.39, 0.29) is 30.6 Å². The Morgan fingerprint density at radius 2 is 1.91 bits per heavy atom. The van der Waals surface area contributed by atoms with Crippen LogP contribution in [0.4, 0.5) is 10.1 Å². The smallest absolute Gasteiger partial charge is 0.243 e. The summed E-state index contributed by atoms with van der Waals surface area (Å²) in [5.41, 5.74) is 1.40. The monoisotopic (exact) mass is 476 g/mol. The Hall–Kier alpha value is -3.98. The molecule has 1 fully saturated rings. The minimum atomic E-state index is -0.605. The van der Waals surface area contributed by atoms with Crippen LogP contribution in [-0.4, -0.2) is 39.9 Å². The van der Waals surface area contributed by atoms with Crippen molar-refractivity contribution in [2.24, 2.45) is 10.2 Å². The lowest BCUT2D eigenvalue weighted by molar-refractivity contribution is -0.127. The molecule has 2 heterocycles. The number of amidine groups is 1. The van der Waals surface area contributed by atoms with E-state index < -0.39 is 5.25 Å². The lowest BCUT2D eigenvalue weighted by Crippen LogP contribution is -2.33. The highest BCUT2D eigenvalue weighted by atomic mass is 32.2. The van der Waals surface area contributed by atoms with Gasteiger partial charge in [0.25, 0.3) is 0 Å². The van der Waals surface area contributed by atoms with Crippen molar-refractivity contribution in [3.63, 3.8) is 0 Å². The maximum absolute atomic E-state index is 13.1. The fourth-order valence-electron chi connectivity index (χ4n) is 3.24. The predicted octanol–water partition coefficient (Wildman–Crippen LogP) is 4.93. The van der Waals surface area contributed by atoms with E-state index in [9.17, 15) is 14.0 Å². The Balaban J connectivity index is 1.42. The first-order valence-corrected chi connectivity index (χ1v) is 11.3. The number of furan rings is 1. The first kappa shape index (κ1) is 23.2. The number of nitrogens with zero attached hydrogens (tertiary/aromatic N) is 3. The molecule has 0 spiro atoms. The molecule has 7 nitrogen and oxygen atoms in total. The van der Waals surface area contributed by atoms with Crippen LogP contribution < -0.4 is 5.32 Å². The molecule has 1 N–H and O–H groups in total. The summed E-state index contributed by atoms with van der Waals surface area (Å²) in [6.07, 6.45) is 3.02. The second-order valence-electron chi connectivity index (χ2n) is 7.30. The Kier molecular flexibility index (Phi) is 7.34. The van der Waals surface area contributed by atoms with Gasteiger partial charge in [0.05, 0.1) is 6.21 Å². The van der Waals surface area contributed by atoms with Crippen molar-refractivity contribution < 1.29 is 18.4 Å². The van der Waals surface area contributed by atoms with Crippen LogP contribution in [-0.2, 0) is 9.59 Å². The summed E-state index contributed by atoms with van der Waals surface area (Å²) in [5.74, 6) is 0.212. The largest absolute Gasteiger partial charge is 0.455 e. The minimum Gasteiger partial charge on any atom is -0.455 e. The number of nitrogens with one attached hydrogen (secondary N) is 1. The molecule has 1 unspecified atom stereocenters. The minimum absolute atomic E-state index is 0.00792. The maximum Gasteiger partial charge on any atom is 0.243 e. The SMILES string of the molecule is C=CCN1C(=O)C(CC(=O)Nc2ccccc2)S/C1=N\N=C\c1ccc(-c2ccc(F)cc2)o1. The molecule has 1 saturated heterocycles. The number of hydrogen-bond donors (Lipinski definition) is 1. The van der Waals surface area contributed by atoms with Crippen molar-refractivity contribution in [3.05, 3.63) is 91.0 Å². The third-order valence-corrected chi connectivity index (χ3v) is 6.01. The van der Waals surface area contributed by atoms with Gasteiger partial charge in [-0.2, -0.15) is 5.10 Å². The summed E-state index contributed by atoms with van der Waals surface area (Å²) >= 11 is 1.18. The number of anilines is 1. The lowest BCUT2D eigenvalue weighted by atomic mass is 10.2. The van der Waals surface area contributed by atoms with Gasteiger partial charge in [0.1, 0.15) is 22.6 Å². The second-order valence-corrected chi connectivity index (χ2v) is 8.47. The number of rotatable bonds is 8. The number of amides is 2. The van der Waals surface area contributed by atoms with E-state index in [0.29, 0.717) is 22.4 Å². The zero-order valence-corrected chi connectivity index (χ0v) is 18.9. The number of para-hydroxylation sites is 1. The average Bonchev–Trinajstić information content (AvgIpc) is 3.41. The van der Waals surface area contributed by atoms with Crippen molar-refractivity contribution >= 4 is 40.6 Å². The van der Waals surface area contributed by atoms with Gasteiger partial charge in [0.15, 0.2) is 5.17 Å². The zero-order valence-electron chi connectivity index (χ0n) is 18.1. The Bertz CT molecular complexity index is 1240. The topological polar surface area (TPSA) is 87.3 Å². The molecule has 0 radical (unpaired) electrons. The molecular weight excluding hydrogens is 455 g/mol. The number of carbonyl (C=O) groups excluding carboxylic acids is 2. The van der Waals surface area contributed by atoms with Crippen molar-refractivity contribution in [1.29, 1.82) is 0 Å². The van der Waals surface area contributed by atoms with E-state index in [0.717, 1.165) is 5.56 Å². The van der Waals surface area contributed by atoms with Crippen LogP contribution in [0.2, 0.25) is 0 Å². The highest BCUT2D eigenvalue weighted by molar-refractivity contribution is 8.15. The molecule has 4 rings (SSSR count). The van der Waals surface area contributed by atoms with Crippen LogP contribution >= 0.6 is 11.8 Å². The lowest BCUT2D eigenvalue weighted by Gasteiger charge is -2.12. The molecule has 3 aromatic rings. The van der Waals surface area contributed by atoms with Crippen molar-refractivity contribution in [1.82, 2.24) is 4.90 Å². The van der Waals surface area contributed by atoms with E-state index in [1.807, 2.05) is 18.2 Å². The van der Waals surface area contributed by atoms with Gasteiger partial charge in [-0.25, -0.2) is 4.39 Å². The van der Waals surface area contributed by atoms with E-state index >= 15 is 0 Å². The molecule has 0 aliphatic carbocycles. The summed E-state index contributed by atoms with van der Waals surface area (Å²) < 4.78 is 18.8. The normalized spacial score (nSPS) is 17.0. The number of hydrogen-bond acceptors (Lipinski definition) is 6. The third-order valence-electron chi connectivity index (χ3n) is 4.84. The molecule has 1 aromatic heterocycles. The molecule has 9 heteroatoms. The van der Waals surface area contributed by atoms with Crippen LogP contribution in [0.5, 0.6) is 0 Å². The molecule has 2 aromatic carbocycles. The van der Waals surface area contributed by atoms with Gasteiger partial charge in [-0.1, -0.05) is 36.0 Å². The van der Waals surface area contributed by atoms with E-state index in [2.05, 4.69) is 22.1 Å². The van der Waals surface area contributed by atoms with Crippen LogP contribution in [0.1, 0.15) is 12.2 Å². The fraction of sp³-hybridized carbons (Fsp3) is 0.120. The van der Waals surface area contributed by atoms with Gasteiger partial charge in [0.2, 0.25) is 11.8 Å². The molecule has 34 heavy (non-hydrogen) atoms. The van der Waals surface area contributed by atoms with Gasteiger partial charge in [-0.05, 0) is 48.5 Å². The van der Waals surface area contributed by atoms with Crippen LogP contribution in [0.25, 0.3) is 11.3 Å². The van der Waals surface area contributed by atoms with Crippen LogP contribution in [0.3, 0.4) is 0 Å². The van der Waals surface area contributed by atoms with Gasteiger partial charge >= 0.3 is 0 Å². The fourth-order valence-corrected chi connectivity index (χ4v) is 4.34. The summed E-state index contributed by atoms with van der Waals surface area (Å²) in [4.78, 5) is 26.7. The Morgan fingerprint density at radius 3 is 2.65 bits per heavy atom.